The van der Waals surface area contributed by atoms with Crippen molar-refractivity contribution < 1.29 is 0 Å². The van der Waals surface area contributed by atoms with Crippen molar-refractivity contribution in [3.05, 3.63) is 59.7 Å². The molecular weight excluding hydrogens is 246 g/mol. The summed E-state index contributed by atoms with van der Waals surface area (Å²) in [5.74, 6) is 0. The predicted molar refractivity (Wildman–Crippen MR) is 87.5 cm³/mol. The minimum absolute atomic E-state index is 0.554. The zero-order valence-corrected chi connectivity index (χ0v) is 12.5. The lowest BCUT2D eigenvalue weighted by molar-refractivity contribution is 1.12. The van der Waals surface area contributed by atoms with Crippen molar-refractivity contribution >= 4 is 17.1 Å². The average Bonchev–Trinajstić information content (AvgIpc) is 2.46. The van der Waals surface area contributed by atoms with Crippen LogP contribution < -0.4 is 9.80 Å². The molecule has 1 N–H and O–H groups in total. The van der Waals surface area contributed by atoms with Crippen LogP contribution in [0.3, 0.4) is 0 Å². The van der Waals surface area contributed by atoms with E-state index in [0.29, 0.717) is 5.71 Å². The summed E-state index contributed by atoms with van der Waals surface area (Å²) in [5.41, 5.74) is 4.58. The first kappa shape index (κ1) is 14.1. The molecule has 0 aliphatic rings. The first-order valence-electron chi connectivity index (χ1n) is 6.64. The maximum absolute atomic E-state index is 8.59. The molecule has 0 saturated carbocycles. The van der Waals surface area contributed by atoms with Crippen LogP contribution >= 0.6 is 0 Å². The van der Waals surface area contributed by atoms with E-state index in [2.05, 4.69) is 0 Å². The van der Waals surface area contributed by atoms with Gasteiger partial charge < -0.3 is 9.80 Å². The van der Waals surface area contributed by atoms with Gasteiger partial charge in [-0.3, -0.25) is 5.41 Å². The van der Waals surface area contributed by atoms with Crippen molar-refractivity contribution in [2.75, 3.05) is 38.0 Å². The Morgan fingerprint density at radius 1 is 0.700 bits per heavy atom. The van der Waals surface area contributed by atoms with Crippen LogP contribution in [0.15, 0.2) is 48.5 Å². The minimum Gasteiger partial charge on any atom is -0.377 e. The lowest BCUT2D eigenvalue weighted by atomic mass is 9.98. The zero-order valence-electron chi connectivity index (χ0n) is 12.5. The molecule has 20 heavy (non-hydrogen) atoms. The molecule has 0 heterocycles. The van der Waals surface area contributed by atoms with Crippen molar-refractivity contribution in [1.29, 1.82) is 5.41 Å². The second-order valence-electron chi connectivity index (χ2n) is 5.20. The minimum atomic E-state index is 0.554. The first-order valence-corrected chi connectivity index (χ1v) is 6.64. The van der Waals surface area contributed by atoms with E-state index in [4.69, 9.17) is 5.41 Å². The molecule has 2 aromatic rings. The molecule has 0 unspecified atom stereocenters. The van der Waals surface area contributed by atoms with E-state index in [1.807, 2.05) is 86.5 Å². The highest BCUT2D eigenvalue weighted by atomic mass is 15.1. The Morgan fingerprint density at radius 3 is 1.40 bits per heavy atom. The summed E-state index contributed by atoms with van der Waals surface area (Å²) < 4.78 is 0. The fraction of sp³-hybridized carbons (Fsp3) is 0.235. The maximum atomic E-state index is 8.59. The topological polar surface area (TPSA) is 30.3 Å². The highest BCUT2D eigenvalue weighted by Crippen LogP contribution is 2.26. The van der Waals surface area contributed by atoms with Crippen molar-refractivity contribution in [1.82, 2.24) is 0 Å². The molecule has 2 rings (SSSR count). The first-order chi connectivity index (χ1) is 9.52. The number of hydrogen-bond acceptors (Lipinski definition) is 3. The Labute approximate surface area is 121 Å². The molecule has 3 heteroatoms. The average molecular weight is 267 g/mol. The van der Waals surface area contributed by atoms with Crippen LogP contribution in [0.5, 0.6) is 0 Å². The van der Waals surface area contributed by atoms with Gasteiger partial charge in [-0.2, -0.15) is 0 Å². The van der Waals surface area contributed by atoms with E-state index in [1.54, 1.807) is 0 Å². The normalized spacial score (nSPS) is 10.2. The van der Waals surface area contributed by atoms with Gasteiger partial charge >= 0.3 is 0 Å². The summed E-state index contributed by atoms with van der Waals surface area (Å²) in [4.78, 5) is 4.09. The van der Waals surface area contributed by atoms with Crippen molar-refractivity contribution in [2.45, 2.75) is 0 Å². The van der Waals surface area contributed by atoms with Crippen molar-refractivity contribution in [3.8, 4) is 0 Å². The summed E-state index contributed by atoms with van der Waals surface area (Å²) in [6, 6.07) is 16.1. The summed E-state index contributed by atoms with van der Waals surface area (Å²) in [5, 5.41) is 8.59. The number of anilines is 2. The number of benzene rings is 2. The summed E-state index contributed by atoms with van der Waals surface area (Å²) in [6.07, 6.45) is 0. The molecule has 0 aliphatic carbocycles. The molecule has 0 spiro atoms. The number of para-hydroxylation sites is 2. The standard InChI is InChI=1S/C17H21N3/c1-19(2)15-11-7-5-9-13(15)17(18)14-10-6-8-12-16(14)20(3)4/h5-12,18H,1-4H3. The SMILES string of the molecule is CN(C)c1ccccc1C(=N)c1ccccc1N(C)C. The lowest BCUT2D eigenvalue weighted by Gasteiger charge is -2.21. The fourth-order valence-electron chi connectivity index (χ4n) is 2.30. The van der Waals surface area contributed by atoms with E-state index in [-0.39, 0.29) is 0 Å². The summed E-state index contributed by atoms with van der Waals surface area (Å²) >= 11 is 0. The van der Waals surface area contributed by atoms with Crippen molar-refractivity contribution in [3.63, 3.8) is 0 Å². The molecule has 2 aromatic carbocycles. The number of nitrogens with zero attached hydrogens (tertiary/aromatic N) is 2. The smallest absolute Gasteiger partial charge is 0.0726 e. The molecule has 0 bridgehead atoms. The Kier molecular flexibility index (Phi) is 4.08. The van der Waals surface area contributed by atoms with Gasteiger partial charge in [-0.15, -0.1) is 0 Å². The second kappa shape index (κ2) is 5.78. The Morgan fingerprint density at radius 2 is 1.05 bits per heavy atom. The van der Waals surface area contributed by atoms with E-state index in [9.17, 15) is 0 Å². The second-order valence-corrected chi connectivity index (χ2v) is 5.20. The summed E-state index contributed by atoms with van der Waals surface area (Å²) in [7, 11) is 8.02. The third-order valence-corrected chi connectivity index (χ3v) is 3.31. The maximum Gasteiger partial charge on any atom is 0.0726 e. The monoisotopic (exact) mass is 267 g/mol. The van der Waals surface area contributed by atoms with Gasteiger partial charge in [-0.25, -0.2) is 0 Å². The highest BCUT2D eigenvalue weighted by Gasteiger charge is 2.14. The number of hydrogen-bond donors (Lipinski definition) is 1. The predicted octanol–water partition coefficient (Wildman–Crippen LogP) is 3.23. The van der Waals surface area contributed by atoms with Crippen LogP contribution in [-0.4, -0.2) is 33.9 Å². The van der Waals surface area contributed by atoms with Gasteiger partial charge in [0.15, 0.2) is 0 Å². The van der Waals surface area contributed by atoms with Gasteiger partial charge in [0.05, 0.1) is 5.71 Å². The largest absolute Gasteiger partial charge is 0.377 e. The van der Waals surface area contributed by atoms with Gasteiger partial charge in [0.1, 0.15) is 0 Å². The van der Waals surface area contributed by atoms with Crippen LogP contribution in [0.2, 0.25) is 0 Å². The molecule has 0 fully saturated rings. The highest BCUT2D eigenvalue weighted by molar-refractivity contribution is 6.16. The third-order valence-electron chi connectivity index (χ3n) is 3.31. The number of nitrogens with one attached hydrogen (secondary N) is 1. The molecule has 0 radical (unpaired) electrons. The Balaban J connectivity index is 2.53. The van der Waals surface area contributed by atoms with Crippen molar-refractivity contribution in [2.24, 2.45) is 0 Å². The molecule has 0 saturated heterocycles. The van der Waals surface area contributed by atoms with E-state index >= 15 is 0 Å². The summed E-state index contributed by atoms with van der Waals surface area (Å²) in [6.45, 7) is 0. The van der Waals surface area contributed by atoms with Crippen LogP contribution in [0.25, 0.3) is 0 Å². The van der Waals surface area contributed by atoms with Gasteiger partial charge in [-0.1, -0.05) is 36.4 Å². The fourth-order valence-corrected chi connectivity index (χ4v) is 2.30. The van der Waals surface area contributed by atoms with Crippen LogP contribution in [-0.2, 0) is 0 Å². The number of rotatable bonds is 4. The van der Waals surface area contributed by atoms with E-state index in [1.165, 1.54) is 0 Å². The third kappa shape index (κ3) is 2.67. The van der Waals surface area contributed by atoms with Crippen LogP contribution in [0, 0.1) is 5.41 Å². The van der Waals surface area contributed by atoms with Crippen LogP contribution in [0.4, 0.5) is 11.4 Å². The molecule has 0 aliphatic heterocycles. The van der Waals surface area contributed by atoms with Crippen LogP contribution in [0.1, 0.15) is 11.1 Å². The van der Waals surface area contributed by atoms with Gasteiger partial charge in [0, 0.05) is 50.7 Å². The van der Waals surface area contributed by atoms with Gasteiger partial charge in [-0.05, 0) is 12.1 Å². The Bertz CT molecular complexity index is 562. The lowest BCUT2D eigenvalue weighted by Crippen LogP contribution is -2.17. The quantitative estimate of drug-likeness (QED) is 0.862. The van der Waals surface area contributed by atoms with E-state index in [0.717, 1.165) is 22.5 Å². The molecule has 0 atom stereocenters. The zero-order chi connectivity index (χ0) is 14.7. The molecular formula is C17H21N3. The molecule has 3 nitrogen and oxygen atoms in total. The Hall–Kier alpha value is -2.29. The molecule has 104 valence electrons. The van der Waals surface area contributed by atoms with Gasteiger partial charge in [0.2, 0.25) is 0 Å². The van der Waals surface area contributed by atoms with Gasteiger partial charge in [0.25, 0.3) is 0 Å². The van der Waals surface area contributed by atoms with E-state index < -0.39 is 0 Å². The molecule has 0 aromatic heterocycles. The molecule has 0 amide bonds.